The zero-order valence-electron chi connectivity index (χ0n) is 18.0. The van der Waals surface area contributed by atoms with E-state index in [9.17, 15) is 4.79 Å². The first-order valence-corrected chi connectivity index (χ1v) is 10.1. The summed E-state index contributed by atoms with van der Waals surface area (Å²) in [6, 6.07) is 3.82. The Morgan fingerprint density at radius 1 is 1.12 bits per heavy atom. The highest BCUT2D eigenvalue weighted by Gasteiger charge is 2.20. The maximum atomic E-state index is 12.3. The molecular formula is C21H21N9O2. The van der Waals surface area contributed by atoms with E-state index in [-0.39, 0.29) is 6.04 Å². The minimum absolute atomic E-state index is 0.138. The van der Waals surface area contributed by atoms with Gasteiger partial charge in [0.2, 0.25) is 5.65 Å². The fourth-order valence-electron chi connectivity index (χ4n) is 3.32. The van der Waals surface area contributed by atoms with Gasteiger partial charge in [-0.2, -0.15) is 9.78 Å². The van der Waals surface area contributed by atoms with Crippen LogP contribution in [0.1, 0.15) is 39.3 Å². The number of aromatic nitrogens is 9. The lowest BCUT2D eigenvalue weighted by Crippen LogP contribution is -2.27. The monoisotopic (exact) mass is 431 g/mol. The van der Waals surface area contributed by atoms with Crippen LogP contribution in [0.5, 0.6) is 0 Å². The van der Waals surface area contributed by atoms with Crippen molar-refractivity contribution in [3.8, 4) is 11.3 Å². The van der Waals surface area contributed by atoms with Crippen LogP contribution in [0.25, 0.3) is 28.2 Å². The second-order valence-corrected chi connectivity index (χ2v) is 8.42. The molecule has 0 amide bonds. The maximum Gasteiger partial charge on any atom is 0.435 e. The van der Waals surface area contributed by atoms with E-state index < -0.39 is 11.7 Å². The zero-order valence-corrected chi connectivity index (χ0v) is 18.0. The molecule has 0 N–H and O–H groups in total. The van der Waals surface area contributed by atoms with Gasteiger partial charge in [0, 0.05) is 30.4 Å². The number of nitrogens with zero attached hydrogens (tertiary/aromatic N) is 9. The average molecular weight is 431 g/mol. The second-order valence-electron chi connectivity index (χ2n) is 8.42. The summed E-state index contributed by atoms with van der Waals surface area (Å²) in [5.74, 6) is 0. The molecule has 0 aliphatic rings. The number of imidazole rings is 1. The first kappa shape index (κ1) is 19.8. The van der Waals surface area contributed by atoms with Crippen LogP contribution in [0.4, 0.5) is 4.79 Å². The summed E-state index contributed by atoms with van der Waals surface area (Å²) < 4.78 is 10.2. The summed E-state index contributed by atoms with van der Waals surface area (Å²) in [4.78, 5) is 25.6. The zero-order chi connectivity index (χ0) is 22.5. The Kier molecular flexibility index (Phi) is 4.47. The van der Waals surface area contributed by atoms with Crippen LogP contribution >= 0.6 is 0 Å². The molecule has 5 aromatic rings. The largest absolute Gasteiger partial charge is 0.442 e. The summed E-state index contributed by atoms with van der Waals surface area (Å²) in [5, 5.41) is 12.5. The van der Waals surface area contributed by atoms with Crippen LogP contribution in [0, 0.1) is 0 Å². The quantitative estimate of drug-likeness (QED) is 0.428. The normalized spacial score (nSPS) is 13.0. The van der Waals surface area contributed by atoms with E-state index in [2.05, 4.69) is 25.4 Å². The van der Waals surface area contributed by atoms with Crippen molar-refractivity contribution >= 4 is 23.0 Å². The molecule has 11 heteroatoms. The van der Waals surface area contributed by atoms with Gasteiger partial charge in [-0.1, -0.05) is 11.3 Å². The van der Waals surface area contributed by atoms with Gasteiger partial charge in [0.1, 0.15) is 11.2 Å². The molecule has 0 bridgehead atoms. The molecule has 0 saturated heterocycles. The van der Waals surface area contributed by atoms with Crippen molar-refractivity contribution in [2.45, 2.75) is 39.3 Å². The molecule has 0 aliphatic heterocycles. The minimum atomic E-state index is -0.615. The SMILES string of the molecule is CC(c1ccc2nccn2c1)n1nnc2ncc(-c3cnn(C(=O)OC(C)(C)C)c3)nc21. The van der Waals surface area contributed by atoms with Crippen LogP contribution in [0.3, 0.4) is 0 Å². The summed E-state index contributed by atoms with van der Waals surface area (Å²) in [6.45, 7) is 7.42. The molecule has 5 heterocycles. The first-order valence-electron chi connectivity index (χ1n) is 10.1. The fraction of sp³-hybridized carbons (Fsp3) is 0.286. The third-order valence-electron chi connectivity index (χ3n) is 4.91. The van der Waals surface area contributed by atoms with Crippen molar-refractivity contribution in [1.82, 2.24) is 44.1 Å². The summed E-state index contributed by atoms with van der Waals surface area (Å²) in [6.07, 6.45) is 9.78. The van der Waals surface area contributed by atoms with Gasteiger partial charge in [-0.05, 0) is 39.3 Å². The number of ether oxygens (including phenoxy) is 1. The average Bonchev–Trinajstić information content (AvgIpc) is 3.50. The molecule has 0 aromatic carbocycles. The van der Waals surface area contributed by atoms with Gasteiger partial charge in [0.15, 0.2) is 5.65 Å². The predicted molar refractivity (Wildman–Crippen MR) is 115 cm³/mol. The molecule has 1 unspecified atom stereocenters. The van der Waals surface area contributed by atoms with E-state index >= 15 is 0 Å². The van der Waals surface area contributed by atoms with E-state index in [1.807, 2.05) is 35.9 Å². The highest BCUT2D eigenvalue weighted by molar-refractivity contribution is 5.73. The third-order valence-corrected chi connectivity index (χ3v) is 4.91. The number of fused-ring (bicyclic) bond motifs is 2. The molecule has 0 aliphatic carbocycles. The Bertz CT molecular complexity index is 1440. The molecule has 32 heavy (non-hydrogen) atoms. The van der Waals surface area contributed by atoms with Crippen LogP contribution in [-0.4, -0.2) is 55.8 Å². The van der Waals surface area contributed by atoms with Crippen LogP contribution in [0.15, 0.2) is 49.3 Å². The molecule has 162 valence electrons. The van der Waals surface area contributed by atoms with Crippen molar-refractivity contribution in [2.24, 2.45) is 0 Å². The van der Waals surface area contributed by atoms with Gasteiger partial charge >= 0.3 is 6.09 Å². The van der Waals surface area contributed by atoms with Gasteiger partial charge in [0.05, 0.1) is 24.1 Å². The molecule has 0 spiro atoms. The maximum absolute atomic E-state index is 12.3. The number of hydrogen-bond acceptors (Lipinski definition) is 8. The molecule has 5 aromatic heterocycles. The number of carbonyl (C=O) groups excluding carboxylic acids is 1. The van der Waals surface area contributed by atoms with Crippen molar-refractivity contribution in [2.75, 3.05) is 0 Å². The molecule has 0 radical (unpaired) electrons. The molecule has 1 atom stereocenters. The molecule has 5 rings (SSSR count). The van der Waals surface area contributed by atoms with Crippen molar-refractivity contribution in [3.63, 3.8) is 0 Å². The van der Waals surface area contributed by atoms with Gasteiger partial charge < -0.3 is 9.14 Å². The van der Waals surface area contributed by atoms with E-state index in [4.69, 9.17) is 9.72 Å². The highest BCUT2D eigenvalue weighted by Crippen LogP contribution is 2.23. The highest BCUT2D eigenvalue weighted by atomic mass is 16.6. The van der Waals surface area contributed by atoms with Crippen LogP contribution in [0.2, 0.25) is 0 Å². The van der Waals surface area contributed by atoms with E-state index in [1.165, 1.54) is 0 Å². The van der Waals surface area contributed by atoms with Crippen molar-refractivity contribution in [1.29, 1.82) is 0 Å². The Labute approximate surface area is 182 Å². The lowest BCUT2D eigenvalue weighted by Gasteiger charge is -2.18. The lowest BCUT2D eigenvalue weighted by molar-refractivity contribution is 0.0514. The Morgan fingerprint density at radius 3 is 2.78 bits per heavy atom. The molecule has 0 saturated carbocycles. The minimum Gasteiger partial charge on any atom is -0.442 e. The Hall–Kier alpha value is -4.15. The van der Waals surface area contributed by atoms with Crippen molar-refractivity contribution in [3.05, 3.63) is 54.9 Å². The molecule has 11 nitrogen and oxygen atoms in total. The topological polar surface area (TPSA) is 118 Å². The van der Waals surface area contributed by atoms with Crippen molar-refractivity contribution < 1.29 is 9.53 Å². The smallest absolute Gasteiger partial charge is 0.435 e. The summed E-state index contributed by atoms with van der Waals surface area (Å²) >= 11 is 0. The van der Waals surface area contributed by atoms with Gasteiger partial charge in [-0.25, -0.2) is 24.4 Å². The van der Waals surface area contributed by atoms with Gasteiger partial charge in [0.25, 0.3) is 0 Å². The third kappa shape index (κ3) is 3.57. The number of carbonyl (C=O) groups is 1. The van der Waals surface area contributed by atoms with E-state index in [1.54, 1.807) is 50.2 Å². The number of hydrogen-bond donors (Lipinski definition) is 0. The Balaban J connectivity index is 1.48. The molecule has 0 fully saturated rings. The van der Waals surface area contributed by atoms with E-state index in [0.29, 0.717) is 22.6 Å². The first-order chi connectivity index (χ1) is 15.3. The predicted octanol–water partition coefficient (Wildman–Crippen LogP) is 3.13. The standard InChI is InChI=1S/C21H21N9O2/c1-13(14-5-6-17-22-7-8-28(17)11-14)30-19-18(26-27-30)23-10-16(25-19)15-9-24-29(12-15)20(31)32-21(2,3)4/h5-13H,1-4H3. The summed E-state index contributed by atoms with van der Waals surface area (Å²) in [5.41, 5.74) is 3.42. The van der Waals surface area contributed by atoms with Crippen LogP contribution < -0.4 is 0 Å². The lowest BCUT2D eigenvalue weighted by atomic mass is 10.1. The molecular weight excluding hydrogens is 410 g/mol. The van der Waals surface area contributed by atoms with Gasteiger partial charge in [-0.15, -0.1) is 5.10 Å². The van der Waals surface area contributed by atoms with Gasteiger partial charge in [-0.3, -0.25) is 0 Å². The Morgan fingerprint density at radius 2 is 1.97 bits per heavy atom. The van der Waals surface area contributed by atoms with Crippen LogP contribution in [-0.2, 0) is 4.74 Å². The second kappa shape index (κ2) is 7.22. The number of rotatable bonds is 3. The van der Waals surface area contributed by atoms with E-state index in [0.717, 1.165) is 15.9 Å². The fourth-order valence-corrected chi connectivity index (χ4v) is 3.32. The number of pyridine rings is 1. The summed E-state index contributed by atoms with van der Waals surface area (Å²) in [7, 11) is 0.